The molecule has 1 aliphatic heterocycles. The molecule has 178 valence electrons. The first-order chi connectivity index (χ1) is 16.1. The second kappa shape index (κ2) is 9.43. The predicted molar refractivity (Wildman–Crippen MR) is 130 cm³/mol. The number of benzene rings is 1. The van der Waals surface area contributed by atoms with E-state index in [1.54, 1.807) is 22.5 Å². The standard InChI is InChI=1S/C24H28N6O3S/c1-14-10-16(12-25)11-15(2)18(14)32-21-19-20(26-13-34-19)28-22(29-21)27-17-6-8-30(9-7-17)23(31)33-24(3,4)5/h10-11,13,17H,6-9H2,1-5H3,(H,27,28,29). The third kappa shape index (κ3) is 5.37. The van der Waals surface area contributed by atoms with E-state index in [1.807, 2.05) is 34.6 Å². The molecule has 1 amide bonds. The summed E-state index contributed by atoms with van der Waals surface area (Å²) in [6.45, 7) is 10.6. The lowest BCUT2D eigenvalue weighted by Gasteiger charge is -2.33. The number of carbonyl (C=O) groups excluding carboxylic acids is 1. The second-order valence-electron chi connectivity index (χ2n) is 9.40. The van der Waals surface area contributed by atoms with Crippen LogP contribution in [0.15, 0.2) is 17.6 Å². The fourth-order valence-corrected chi connectivity index (χ4v) is 4.51. The summed E-state index contributed by atoms with van der Waals surface area (Å²) in [6.07, 6.45) is 1.22. The minimum Gasteiger partial charge on any atom is -0.444 e. The van der Waals surface area contributed by atoms with E-state index in [2.05, 4.69) is 26.3 Å². The number of piperidine rings is 1. The van der Waals surface area contributed by atoms with Gasteiger partial charge in [-0.05, 0) is 70.7 Å². The molecule has 0 radical (unpaired) electrons. The van der Waals surface area contributed by atoms with Gasteiger partial charge in [-0.2, -0.15) is 15.2 Å². The molecule has 3 heterocycles. The Hall–Kier alpha value is -3.45. The molecular weight excluding hydrogens is 452 g/mol. The highest BCUT2D eigenvalue weighted by atomic mass is 32.1. The Labute approximate surface area is 202 Å². The molecule has 0 bridgehead atoms. The normalized spacial score (nSPS) is 14.6. The van der Waals surface area contributed by atoms with Crippen molar-refractivity contribution in [2.24, 2.45) is 0 Å². The number of carbonyl (C=O) groups is 1. The highest BCUT2D eigenvalue weighted by molar-refractivity contribution is 7.17. The summed E-state index contributed by atoms with van der Waals surface area (Å²) in [4.78, 5) is 27.6. The Balaban J connectivity index is 1.49. The van der Waals surface area contributed by atoms with Crippen LogP contribution in [0.2, 0.25) is 0 Å². The zero-order valence-corrected chi connectivity index (χ0v) is 20.8. The van der Waals surface area contributed by atoms with Gasteiger partial charge >= 0.3 is 6.09 Å². The van der Waals surface area contributed by atoms with Crippen LogP contribution in [0.25, 0.3) is 10.3 Å². The van der Waals surface area contributed by atoms with Gasteiger partial charge in [0.2, 0.25) is 11.8 Å². The maximum atomic E-state index is 12.3. The number of ether oxygens (including phenoxy) is 2. The first-order valence-electron chi connectivity index (χ1n) is 11.2. The number of nitrogens with zero attached hydrogens (tertiary/aromatic N) is 5. The fourth-order valence-electron chi connectivity index (χ4n) is 3.86. The van der Waals surface area contributed by atoms with Crippen LogP contribution in [0.1, 0.15) is 50.3 Å². The Kier molecular flexibility index (Phi) is 6.57. The predicted octanol–water partition coefficient (Wildman–Crippen LogP) is 5.18. The maximum absolute atomic E-state index is 12.3. The number of fused-ring (bicyclic) bond motifs is 1. The van der Waals surface area contributed by atoms with Crippen LogP contribution in [0, 0.1) is 25.2 Å². The number of hydrogen-bond donors (Lipinski definition) is 1. The van der Waals surface area contributed by atoms with Crippen molar-refractivity contribution >= 4 is 33.7 Å². The Morgan fingerprint density at radius 1 is 1.21 bits per heavy atom. The molecule has 0 aliphatic carbocycles. The average Bonchev–Trinajstić information content (AvgIpc) is 3.24. The summed E-state index contributed by atoms with van der Waals surface area (Å²) < 4.78 is 12.5. The highest BCUT2D eigenvalue weighted by Crippen LogP contribution is 2.35. The van der Waals surface area contributed by atoms with Gasteiger partial charge in [0.05, 0.1) is 17.1 Å². The fraction of sp³-hybridized carbons (Fsp3) is 0.458. The minimum atomic E-state index is -0.509. The number of anilines is 1. The molecule has 1 fully saturated rings. The minimum absolute atomic E-state index is 0.112. The molecule has 0 spiro atoms. The molecule has 3 aromatic rings. The van der Waals surface area contributed by atoms with Crippen molar-refractivity contribution in [1.82, 2.24) is 19.9 Å². The van der Waals surface area contributed by atoms with Crippen LogP contribution in [0.4, 0.5) is 10.7 Å². The quantitative estimate of drug-likeness (QED) is 0.543. The van der Waals surface area contributed by atoms with E-state index < -0.39 is 5.60 Å². The van der Waals surface area contributed by atoms with Crippen molar-refractivity contribution in [2.75, 3.05) is 18.4 Å². The number of nitriles is 1. The molecule has 4 rings (SSSR count). The Morgan fingerprint density at radius 2 is 1.88 bits per heavy atom. The van der Waals surface area contributed by atoms with Gasteiger partial charge in [-0.3, -0.25) is 0 Å². The summed E-state index contributed by atoms with van der Waals surface area (Å²) >= 11 is 1.42. The maximum Gasteiger partial charge on any atom is 0.410 e. The number of likely N-dealkylation sites (tertiary alicyclic amines) is 1. The Bertz CT molecular complexity index is 1230. The summed E-state index contributed by atoms with van der Waals surface area (Å²) in [7, 11) is 0. The Morgan fingerprint density at radius 3 is 2.50 bits per heavy atom. The van der Waals surface area contributed by atoms with Gasteiger partial charge in [0.25, 0.3) is 0 Å². The lowest BCUT2D eigenvalue weighted by Crippen LogP contribution is -2.44. The SMILES string of the molecule is Cc1cc(C#N)cc(C)c1Oc1nc(NC2CCN(C(=O)OC(C)(C)C)CC2)nc2ncsc12. The van der Waals surface area contributed by atoms with E-state index in [-0.39, 0.29) is 12.1 Å². The zero-order chi connectivity index (χ0) is 24.5. The van der Waals surface area contributed by atoms with Crippen LogP contribution in [-0.2, 0) is 4.74 Å². The lowest BCUT2D eigenvalue weighted by atomic mass is 10.1. The van der Waals surface area contributed by atoms with E-state index in [0.29, 0.717) is 41.9 Å². The lowest BCUT2D eigenvalue weighted by molar-refractivity contribution is 0.0210. The monoisotopic (exact) mass is 480 g/mol. The van der Waals surface area contributed by atoms with Gasteiger partial charge in [0.15, 0.2) is 5.65 Å². The van der Waals surface area contributed by atoms with Crippen LogP contribution in [0.5, 0.6) is 11.6 Å². The largest absolute Gasteiger partial charge is 0.444 e. The van der Waals surface area contributed by atoms with Crippen molar-refractivity contribution in [2.45, 2.75) is 59.1 Å². The van der Waals surface area contributed by atoms with Crippen LogP contribution in [0.3, 0.4) is 0 Å². The van der Waals surface area contributed by atoms with Gasteiger partial charge in [-0.15, -0.1) is 11.3 Å². The van der Waals surface area contributed by atoms with Crippen LogP contribution in [-0.4, -0.2) is 50.7 Å². The van der Waals surface area contributed by atoms with Gasteiger partial charge in [0.1, 0.15) is 16.1 Å². The number of aryl methyl sites for hydroxylation is 2. The number of amides is 1. The molecule has 1 saturated heterocycles. The smallest absolute Gasteiger partial charge is 0.410 e. The van der Waals surface area contributed by atoms with Crippen LogP contribution < -0.4 is 10.1 Å². The first kappa shape index (κ1) is 23.7. The number of rotatable bonds is 4. The van der Waals surface area contributed by atoms with Gasteiger partial charge < -0.3 is 19.7 Å². The molecule has 10 heteroatoms. The molecule has 1 N–H and O–H groups in total. The topological polar surface area (TPSA) is 113 Å². The van der Waals surface area contributed by atoms with E-state index in [0.717, 1.165) is 28.7 Å². The van der Waals surface area contributed by atoms with Gasteiger partial charge in [-0.1, -0.05) is 0 Å². The molecule has 1 aliphatic rings. The summed E-state index contributed by atoms with van der Waals surface area (Å²) in [5.74, 6) is 1.54. The average molecular weight is 481 g/mol. The van der Waals surface area contributed by atoms with E-state index >= 15 is 0 Å². The van der Waals surface area contributed by atoms with Crippen molar-refractivity contribution < 1.29 is 14.3 Å². The summed E-state index contributed by atoms with van der Waals surface area (Å²) in [5.41, 5.74) is 4.08. The molecular formula is C24H28N6O3S. The van der Waals surface area contributed by atoms with Crippen molar-refractivity contribution in [3.05, 3.63) is 34.3 Å². The van der Waals surface area contributed by atoms with Crippen molar-refractivity contribution in [3.8, 4) is 17.7 Å². The molecule has 0 unspecified atom stereocenters. The number of nitrogens with one attached hydrogen (secondary N) is 1. The van der Waals surface area contributed by atoms with E-state index in [4.69, 9.17) is 9.47 Å². The molecule has 2 aromatic heterocycles. The van der Waals surface area contributed by atoms with E-state index in [1.165, 1.54) is 11.3 Å². The zero-order valence-electron chi connectivity index (χ0n) is 20.0. The third-order valence-corrected chi connectivity index (χ3v) is 6.23. The third-order valence-electron chi connectivity index (χ3n) is 5.43. The molecule has 0 saturated carbocycles. The van der Waals surface area contributed by atoms with Gasteiger partial charge in [-0.25, -0.2) is 9.78 Å². The van der Waals surface area contributed by atoms with Gasteiger partial charge in [0, 0.05) is 19.1 Å². The molecule has 0 atom stereocenters. The molecule has 1 aromatic carbocycles. The molecule has 34 heavy (non-hydrogen) atoms. The number of aromatic nitrogens is 3. The van der Waals surface area contributed by atoms with Crippen molar-refractivity contribution in [1.29, 1.82) is 5.26 Å². The number of hydrogen-bond acceptors (Lipinski definition) is 9. The van der Waals surface area contributed by atoms with Crippen LogP contribution >= 0.6 is 11.3 Å². The highest BCUT2D eigenvalue weighted by Gasteiger charge is 2.27. The van der Waals surface area contributed by atoms with E-state index in [9.17, 15) is 10.1 Å². The second-order valence-corrected chi connectivity index (χ2v) is 10.3. The summed E-state index contributed by atoms with van der Waals surface area (Å²) in [5, 5.41) is 12.6. The number of thiazole rings is 1. The van der Waals surface area contributed by atoms with Crippen molar-refractivity contribution in [3.63, 3.8) is 0 Å². The summed E-state index contributed by atoms with van der Waals surface area (Å²) in [6, 6.07) is 5.87. The first-order valence-corrected chi connectivity index (χ1v) is 12.1. The molecule has 9 nitrogen and oxygen atoms in total.